The molecule has 0 heterocycles. The van der Waals surface area contributed by atoms with Gasteiger partial charge in [0.05, 0.1) is 0 Å². The van der Waals surface area contributed by atoms with Crippen molar-refractivity contribution in [3.8, 4) is 0 Å². The Morgan fingerprint density at radius 3 is 1.42 bits per heavy atom. The average molecular weight is 316 g/mol. The van der Waals surface area contributed by atoms with E-state index in [-0.39, 0.29) is 0 Å². The van der Waals surface area contributed by atoms with Crippen molar-refractivity contribution in [2.24, 2.45) is 0 Å². The normalized spacial score (nSPS) is 15.7. The van der Waals surface area contributed by atoms with E-state index in [1.165, 1.54) is 0 Å². The summed E-state index contributed by atoms with van der Waals surface area (Å²) < 4.78 is 37.9. The number of hydrogen-bond donors (Lipinski definition) is 0. The van der Waals surface area contributed by atoms with Crippen LogP contribution in [0.5, 0.6) is 0 Å². The second-order valence-corrected chi connectivity index (χ2v) is 11.4. The molecule has 0 unspecified atom stereocenters. The van der Waals surface area contributed by atoms with Crippen molar-refractivity contribution in [3.05, 3.63) is 0 Å². The first-order valence-electron chi connectivity index (χ1n) is 6.65. The van der Waals surface area contributed by atoms with E-state index in [0.717, 1.165) is 33.3 Å². The Morgan fingerprint density at radius 1 is 0.895 bits per heavy atom. The van der Waals surface area contributed by atoms with Gasteiger partial charge in [0.2, 0.25) is 0 Å². The molecule has 0 amide bonds. The zero-order chi connectivity index (χ0) is 15.3. The fourth-order valence-electron chi connectivity index (χ4n) is 2.63. The molecule has 8 heteroatoms. The molecule has 0 bridgehead atoms. The average Bonchev–Trinajstić information content (AvgIpc) is 2.30. The first-order valence-corrected chi connectivity index (χ1v) is 10.9. The molecule has 19 heavy (non-hydrogen) atoms. The zero-order valence-corrected chi connectivity index (χ0v) is 14.9. The molecular formula is C11H29N2O4PS. The first kappa shape index (κ1) is 19.2. The van der Waals surface area contributed by atoms with Crippen LogP contribution >= 0.6 is 7.13 Å². The zero-order valence-electron chi connectivity index (χ0n) is 13.2. The molecule has 0 saturated heterocycles. The van der Waals surface area contributed by atoms with Crippen LogP contribution in [0.1, 0.15) is 27.7 Å². The van der Waals surface area contributed by atoms with E-state index >= 15 is 0 Å². The van der Waals surface area contributed by atoms with E-state index in [2.05, 4.69) is 13.5 Å². The van der Waals surface area contributed by atoms with Crippen molar-refractivity contribution >= 4 is 17.5 Å². The van der Waals surface area contributed by atoms with Crippen LogP contribution in [0.15, 0.2) is 0 Å². The van der Waals surface area contributed by atoms with Crippen molar-refractivity contribution in [1.82, 2.24) is 9.34 Å². The third-order valence-corrected chi connectivity index (χ3v) is 10.8. The molecule has 0 radical (unpaired) electrons. The summed E-state index contributed by atoms with van der Waals surface area (Å²) in [5.74, 6) is 0. The van der Waals surface area contributed by atoms with Crippen LogP contribution in [-0.4, -0.2) is 64.4 Å². The van der Waals surface area contributed by atoms with Crippen molar-refractivity contribution in [2.75, 3.05) is 46.6 Å². The van der Waals surface area contributed by atoms with Crippen molar-refractivity contribution in [1.29, 1.82) is 0 Å². The van der Waals surface area contributed by atoms with E-state index in [9.17, 15) is 8.42 Å². The number of rotatable bonds is 9. The summed E-state index contributed by atoms with van der Waals surface area (Å²) in [6, 6.07) is 0. The summed E-state index contributed by atoms with van der Waals surface area (Å²) in [7, 11) is -6.07. The standard InChI is InChI=1S/C11H29N2O4PS/c1-8-12(9-2)18(6,7,13(10-3)11-4)17-19(14,15)16-5/h8-11H2,1-7H3. The van der Waals surface area contributed by atoms with Gasteiger partial charge in [-0.15, -0.1) is 0 Å². The molecule has 0 aromatic carbocycles. The fourth-order valence-corrected chi connectivity index (χ4v) is 9.33. The summed E-state index contributed by atoms with van der Waals surface area (Å²) >= 11 is 0. The monoisotopic (exact) mass is 316 g/mol. The van der Waals surface area contributed by atoms with Gasteiger partial charge in [0.25, 0.3) is 0 Å². The summed E-state index contributed by atoms with van der Waals surface area (Å²) in [4.78, 5) is 0. The van der Waals surface area contributed by atoms with Crippen LogP contribution in [0.3, 0.4) is 0 Å². The molecule has 0 aliphatic rings. The van der Waals surface area contributed by atoms with Crippen molar-refractivity contribution in [3.63, 3.8) is 0 Å². The third kappa shape index (κ3) is 4.09. The molecule has 0 atom stereocenters. The van der Waals surface area contributed by atoms with E-state index in [1.807, 2.05) is 41.0 Å². The predicted octanol–water partition coefficient (Wildman–Crippen LogP) is 2.14. The van der Waals surface area contributed by atoms with E-state index in [0.29, 0.717) is 0 Å². The molecule has 0 rings (SSSR count). The van der Waals surface area contributed by atoms with Crippen LogP contribution in [0.2, 0.25) is 0 Å². The van der Waals surface area contributed by atoms with E-state index < -0.39 is 17.5 Å². The van der Waals surface area contributed by atoms with Gasteiger partial charge < -0.3 is 0 Å². The van der Waals surface area contributed by atoms with Crippen LogP contribution in [0.25, 0.3) is 0 Å². The maximum absolute atomic E-state index is 11.8. The molecule has 0 aliphatic carbocycles. The van der Waals surface area contributed by atoms with Gasteiger partial charge in [0, 0.05) is 0 Å². The van der Waals surface area contributed by atoms with Gasteiger partial charge >= 0.3 is 118 Å². The molecule has 0 fully saturated rings. The van der Waals surface area contributed by atoms with E-state index in [1.54, 1.807) is 0 Å². The van der Waals surface area contributed by atoms with Crippen LogP contribution < -0.4 is 0 Å². The van der Waals surface area contributed by atoms with Crippen LogP contribution in [0.4, 0.5) is 0 Å². The molecule has 118 valence electrons. The Balaban J connectivity index is 5.84. The molecule has 0 aliphatic heterocycles. The number of nitrogens with zero attached hydrogens (tertiary/aromatic N) is 2. The predicted molar refractivity (Wildman–Crippen MR) is 81.6 cm³/mol. The SMILES string of the molecule is CCN(CC)P(C)(C)(OS(=O)(=O)OC)N(CC)CC. The minimum atomic E-state index is -3.99. The van der Waals surface area contributed by atoms with Gasteiger partial charge in [-0.1, -0.05) is 0 Å². The third-order valence-electron chi connectivity index (χ3n) is 3.59. The molecule has 0 spiro atoms. The Kier molecular flexibility index (Phi) is 6.86. The maximum atomic E-state index is 11.8. The second kappa shape index (κ2) is 6.78. The van der Waals surface area contributed by atoms with Crippen LogP contribution in [0, 0.1) is 0 Å². The second-order valence-electron chi connectivity index (χ2n) is 4.79. The molecule has 0 aromatic heterocycles. The Hall–Kier alpha value is 0.220. The number of hydrogen-bond acceptors (Lipinski definition) is 6. The van der Waals surface area contributed by atoms with Gasteiger partial charge in [-0.25, -0.2) is 0 Å². The molecule has 6 nitrogen and oxygen atoms in total. The Morgan fingerprint density at radius 2 is 1.21 bits per heavy atom. The fraction of sp³-hybridized carbons (Fsp3) is 1.00. The van der Waals surface area contributed by atoms with Crippen molar-refractivity contribution in [2.45, 2.75) is 27.7 Å². The summed E-state index contributed by atoms with van der Waals surface area (Å²) in [5.41, 5.74) is 0. The Labute approximate surface area is 118 Å². The first-order chi connectivity index (χ1) is 8.60. The molecule has 0 aromatic rings. The molecular weight excluding hydrogens is 287 g/mol. The van der Waals surface area contributed by atoms with Gasteiger partial charge in [0.15, 0.2) is 0 Å². The summed E-state index contributed by atoms with van der Waals surface area (Å²) in [6.45, 7) is 14.7. The minimum absolute atomic E-state index is 0.719. The molecule has 0 N–H and O–H groups in total. The Bertz CT molecular complexity index is 362. The van der Waals surface area contributed by atoms with Gasteiger partial charge in [-0.05, 0) is 0 Å². The van der Waals surface area contributed by atoms with Gasteiger partial charge in [-0.2, -0.15) is 0 Å². The summed E-state index contributed by atoms with van der Waals surface area (Å²) in [5, 5.41) is 0. The summed E-state index contributed by atoms with van der Waals surface area (Å²) in [6.07, 6.45) is 0. The van der Waals surface area contributed by atoms with Crippen LogP contribution in [-0.2, 0) is 18.6 Å². The van der Waals surface area contributed by atoms with E-state index in [4.69, 9.17) is 3.97 Å². The topological polar surface area (TPSA) is 59.1 Å². The molecule has 0 saturated carbocycles. The van der Waals surface area contributed by atoms with Gasteiger partial charge in [-0.3, -0.25) is 0 Å². The quantitative estimate of drug-likeness (QED) is 0.607. The van der Waals surface area contributed by atoms with Gasteiger partial charge in [0.1, 0.15) is 0 Å². The van der Waals surface area contributed by atoms with Crippen molar-refractivity contribution < 1.29 is 16.6 Å².